The van der Waals surface area contributed by atoms with Crippen molar-refractivity contribution in [1.29, 1.82) is 0 Å². The second-order valence-electron chi connectivity index (χ2n) is 15.3. The number of benzene rings is 9. The monoisotopic (exact) mass is 752 g/mol. The van der Waals surface area contributed by atoms with Crippen molar-refractivity contribution in [2.24, 2.45) is 0 Å². The van der Waals surface area contributed by atoms with E-state index in [0.717, 1.165) is 88.7 Å². The van der Waals surface area contributed by atoms with Crippen molar-refractivity contribution in [1.82, 2.24) is 19.1 Å². The highest BCUT2D eigenvalue weighted by Gasteiger charge is 2.25. The van der Waals surface area contributed by atoms with Gasteiger partial charge in [-0.1, -0.05) is 133 Å². The maximum atomic E-state index is 6.50. The van der Waals surface area contributed by atoms with Gasteiger partial charge >= 0.3 is 0 Å². The quantitative estimate of drug-likeness (QED) is 0.180. The molecule has 59 heavy (non-hydrogen) atoms. The number of ether oxygens (including phenoxy) is 1. The average molecular weight is 753 g/mol. The predicted octanol–water partition coefficient (Wildman–Crippen LogP) is 14.1. The molecule has 0 spiro atoms. The summed E-state index contributed by atoms with van der Waals surface area (Å²) < 4.78 is 11.2. The third kappa shape index (κ3) is 4.67. The minimum atomic E-state index is 0.655. The molecular formula is C54H32N4O. The minimum Gasteiger partial charge on any atom is -0.456 e. The van der Waals surface area contributed by atoms with E-state index in [-0.39, 0.29) is 0 Å². The third-order valence-corrected chi connectivity index (χ3v) is 12.1. The van der Waals surface area contributed by atoms with E-state index in [2.05, 4.69) is 185 Å². The standard InChI is InChI=1S/C54H32N4O/c1-3-14-33(15-4-1)53-39-20-7-10-22-44(39)55-54(56-53)58-45-23-11-8-18-37(45)42-30-34(27-29-46(42)58)35-26-28-40-47(31-35)57(36-16-5-2-6-17-36)48-32-43-38-19-9-12-24-49(38)59-50-25-13-21-41(51(40)48)52(43)50/h1-32H. The first-order valence-corrected chi connectivity index (χ1v) is 20.0. The second-order valence-corrected chi connectivity index (χ2v) is 15.3. The Morgan fingerprint density at radius 2 is 1.05 bits per heavy atom. The van der Waals surface area contributed by atoms with Crippen LogP contribution >= 0.6 is 0 Å². The average Bonchev–Trinajstić information content (AvgIpc) is 3.81. The molecule has 0 fully saturated rings. The van der Waals surface area contributed by atoms with E-state index >= 15 is 0 Å². The summed E-state index contributed by atoms with van der Waals surface area (Å²) in [7, 11) is 0. The van der Waals surface area contributed by atoms with Crippen LogP contribution in [0.25, 0.3) is 110 Å². The highest BCUT2D eigenvalue weighted by molar-refractivity contribution is 6.26. The molecule has 12 aromatic rings. The van der Waals surface area contributed by atoms with Gasteiger partial charge < -0.3 is 9.30 Å². The zero-order chi connectivity index (χ0) is 38.6. The lowest BCUT2D eigenvalue weighted by Crippen LogP contribution is -2.03. The Balaban J connectivity index is 1.05. The summed E-state index contributed by atoms with van der Waals surface area (Å²) >= 11 is 0. The Morgan fingerprint density at radius 3 is 1.95 bits per heavy atom. The fourth-order valence-corrected chi connectivity index (χ4v) is 9.53. The molecule has 0 atom stereocenters. The van der Waals surface area contributed by atoms with Gasteiger partial charge in [0, 0.05) is 49.1 Å². The van der Waals surface area contributed by atoms with Crippen LogP contribution in [0.3, 0.4) is 0 Å². The molecule has 0 bridgehead atoms. The Labute approximate surface area is 338 Å². The zero-order valence-electron chi connectivity index (χ0n) is 31.7. The van der Waals surface area contributed by atoms with E-state index in [1.165, 1.54) is 27.2 Å². The lowest BCUT2D eigenvalue weighted by atomic mass is 9.92. The van der Waals surface area contributed by atoms with Gasteiger partial charge in [0.25, 0.3) is 0 Å². The minimum absolute atomic E-state index is 0.655. The molecule has 0 N–H and O–H groups in total. The molecule has 4 heterocycles. The number of nitrogens with zero attached hydrogens (tertiary/aromatic N) is 4. The zero-order valence-corrected chi connectivity index (χ0v) is 31.7. The van der Waals surface area contributed by atoms with Crippen molar-refractivity contribution in [2.75, 3.05) is 0 Å². The molecule has 5 heteroatoms. The molecule has 1 aliphatic heterocycles. The SMILES string of the molecule is c1ccc(-c2nc(-n3c4ccccc4c4cc(-c5ccc6c7c8cccc9c8c(cc7n(-c7ccccc7)c6c5)-c5ccccc5O9)ccc43)nc3ccccc23)cc1. The molecule has 0 saturated heterocycles. The lowest BCUT2D eigenvalue weighted by Gasteiger charge is -2.22. The molecule has 0 unspecified atom stereocenters. The normalized spacial score (nSPS) is 12.2. The number of fused-ring (bicyclic) bond motifs is 10. The number of hydrogen-bond donors (Lipinski definition) is 0. The van der Waals surface area contributed by atoms with E-state index < -0.39 is 0 Å². The van der Waals surface area contributed by atoms with Gasteiger partial charge in [0.05, 0.1) is 33.3 Å². The Bertz CT molecular complexity index is 3700. The van der Waals surface area contributed by atoms with E-state index in [1.807, 2.05) is 18.2 Å². The fourth-order valence-electron chi connectivity index (χ4n) is 9.53. The third-order valence-electron chi connectivity index (χ3n) is 12.1. The Hall–Kier alpha value is -8.02. The molecule has 0 saturated carbocycles. The number of aromatic nitrogens is 4. The molecule has 9 aromatic carbocycles. The summed E-state index contributed by atoms with van der Waals surface area (Å²) in [4.78, 5) is 10.5. The van der Waals surface area contributed by atoms with Gasteiger partial charge in [0.1, 0.15) is 11.5 Å². The van der Waals surface area contributed by atoms with Crippen LogP contribution < -0.4 is 4.74 Å². The van der Waals surface area contributed by atoms with Crippen LogP contribution in [0.15, 0.2) is 194 Å². The molecular weight excluding hydrogens is 721 g/mol. The predicted molar refractivity (Wildman–Crippen MR) is 242 cm³/mol. The van der Waals surface area contributed by atoms with Gasteiger partial charge in [-0.05, 0) is 82.7 Å². The maximum absolute atomic E-state index is 6.50. The first-order valence-electron chi connectivity index (χ1n) is 20.0. The van der Waals surface area contributed by atoms with Gasteiger partial charge in [-0.3, -0.25) is 4.57 Å². The van der Waals surface area contributed by atoms with Crippen LogP contribution in [0.2, 0.25) is 0 Å². The molecule has 274 valence electrons. The van der Waals surface area contributed by atoms with E-state index in [0.29, 0.717) is 5.95 Å². The van der Waals surface area contributed by atoms with Crippen LogP contribution in [0.4, 0.5) is 0 Å². The maximum Gasteiger partial charge on any atom is 0.235 e. The van der Waals surface area contributed by atoms with E-state index in [9.17, 15) is 0 Å². The molecule has 0 amide bonds. The Morgan fingerprint density at radius 1 is 0.356 bits per heavy atom. The molecule has 5 nitrogen and oxygen atoms in total. The first kappa shape index (κ1) is 32.1. The number of hydrogen-bond acceptors (Lipinski definition) is 3. The van der Waals surface area contributed by atoms with Gasteiger partial charge in [-0.2, -0.15) is 0 Å². The highest BCUT2D eigenvalue weighted by Crippen LogP contribution is 2.50. The summed E-state index contributed by atoms with van der Waals surface area (Å²) in [5.41, 5.74) is 13.1. The highest BCUT2D eigenvalue weighted by atomic mass is 16.5. The van der Waals surface area contributed by atoms with Gasteiger partial charge in [0.2, 0.25) is 5.95 Å². The van der Waals surface area contributed by atoms with Crippen LogP contribution in [-0.2, 0) is 0 Å². The number of rotatable bonds is 4. The molecule has 0 aliphatic carbocycles. The van der Waals surface area contributed by atoms with Gasteiger partial charge in [-0.25, -0.2) is 9.97 Å². The van der Waals surface area contributed by atoms with Crippen LogP contribution in [0, 0.1) is 0 Å². The van der Waals surface area contributed by atoms with Crippen LogP contribution in [-0.4, -0.2) is 19.1 Å². The van der Waals surface area contributed by atoms with Gasteiger partial charge in [0.15, 0.2) is 0 Å². The lowest BCUT2D eigenvalue weighted by molar-refractivity contribution is 0.487. The van der Waals surface area contributed by atoms with E-state index in [1.54, 1.807) is 0 Å². The van der Waals surface area contributed by atoms with Crippen molar-refractivity contribution < 1.29 is 4.74 Å². The number of para-hydroxylation sites is 4. The summed E-state index contributed by atoms with van der Waals surface area (Å²) in [6.45, 7) is 0. The molecule has 0 radical (unpaired) electrons. The second kappa shape index (κ2) is 12.2. The van der Waals surface area contributed by atoms with Crippen molar-refractivity contribution >= 4 is 65.3 Å². The topological polar surface area (TPSA) is 44.9 Å². The Kier molecular flexibility index (Phi) is 6.66. The van der Waals surface area contributed by atoms with Crippen molar-refractivity contribution in [2.45, 2.75) is 0 Å². The van der Waals surface area contributed by atoms with Crippen LogP contribution in [0.5, 0.6) is 11.5 Å². The first-order chi connectivity index (χ1) is 29.3. The molecule has 3 aromatic heterocycles. The van der Waals surface area contributed by atoms with Crippen molar-refractivity contribution in [3.05, 3.63) is 194 Å². The summed E-state index contributed by atoms with van der Waals surface area (Å²) in [6, 6.07) is 68.9. The molecule has 1 aliphatic rings. The smallest absolute Gasteiger partial charge is 0.235 e. The van der Waals surface area contributed by atoms with Crippen molar-refractivity contribution in [3.63, 3.8) is 0 Å². The van der Waals surface area contributed by atoms with Crippen LogP contribution in [0.1, 0.15) is 0 Å². The largest absolute Gasteiger partial charge is 0.456 e. The summed E-state index contributed by atoms with van der Waals surface area (Å²) in [5.74, 6) is 2.44. The van der Waals surface area contributed by atoms with E-state index in [4.69, 9.17) is 14.7 Å². The van der Waals surface area contributed by atoms with Gasteiger partial charge in [-0.15, -0.1) is 0 Å². The van der Waals surface area contributed by atoms with Crippen molar-refractivity contribution in [3.8, 4) is 56.6 Å². The summed E-state index contributed by atoms with van der Waals surface area (Å²) in [5, 5.41) is 8.12. The molecule has 13 rings (SSSR count). The summed E-state index contributed by atoms with van der Waals surface area (Å²) in [6.07, 6.45) is 0. The fraction of sp³-hybridized carbons (Fsp3) is 0.